The van der Waals surface area contributed by atoms with E-state index in [9.17, 15) is 0 Å². The average Bonchev–Trinajstić information content (AvgIpc) is 2.96. The van der Waals surface area contributed by atoms with Crippen LogP contribution in [0, 0.1) is 0 Å². The number of benzene rings is 2. The molecule has 0 aliphatic carbocycles. The average molecular weight is 233 g/mol. The van der Waals surface area contributed by atoms with Crippen molar-refractivity contribution in [3.05, 3.63) is 83.4 Å². The van der Waals surface area contributed by atoms with Gasteiger partial charge in [0.15, 0.2) is 0 Å². The summed E-state index contributed by atoms with van der Waals surface area (Å²) in [5.74, 6) is 0. The van der Waals surface area contributed by atoms with Crippen molar-refractivity contribution in [2.75, 3.05) is 0 Å². The Hall–Kier alpha value is -1.86. The van der Waals surface area contributed by atoms with Crippen LogP contribution >= 0.6 is 0 Å². The number of rotatable bonds is 2. The summed E-state index contributed by atoms with van der Waals surface area (Å²) < 4.78 is 0. The van der Waals surface area contributed by atoms with Crippen molar-refractivity contribution in [1.82, 2.24) is 4.90 Å². The van der Waals surface area contributed by atoms with Gasteiger partial charge < -0.3 is 0 Å². The molecule has 18 heavy (non-hydrogen) atoms. The topological polar surface area (TPSA) is 3.24 Å². The van der Waals surface area contributed by atoms with Crippen molar-refractivity contribution >= 4 is 0 Å². The highest BCUT2D eigenvalue weighted by Crippen LogP contribution is 2.48. The monoisotopic (exact) mass is 233 g/mol. The van der Waals surface area contributed by atoms with Gasteiger partial charge in [0.1, 0.15) is 0 Å². The molecule has 0 N–H and O–H groups in total. The molecule has 2 aliphatic rings. The molecular weight excluding hydrogens is 218 g/mol. The Morgan fingerprint density at radius 2 is 1.28 bits per heavy atom. The normalized spacial score (nSPS) is 24.4. The maximum Gasteiger partial charge on any atom is 0.0548 e. The smallest absolute Gasteiger partial charge is 0.0548 e. The van der Waals surface area contributed by atoms with Crippen LogP contribution in [0.5, 0.6) is 0 Å². The zero-order valence-electron chi connectivity index (χ0n) is 10.2. The van der Waals surface area contributed by atoms with E-state index in [1.165, 1.54) is 16.7 Å². The molecule has 2 bridgehead atoms. The van der Waals surface area contributed by atoms with Gasteiger partial charge in [-0.25, -0.2) is 0 Å². The summed E-state index contributed by atoms with van der Waals surface area (Å²) >= 11 is 0. The molecule has 0 aromatic heterocycles. The Morgan fingerprint density at radius 3 is 1.89 bits per heavy atom. The lowest BCUT2D eigenvalue weighted by molar-refractivity contribution is 0.230. The first-order valence-electron chi connectivity index (χ1n) is 6.50. The van der Waals surface area contributed by atoms with E-state index < -0.39 is 0 Å². The van der Waals surface area contributed by atoms with Crippen molar-refractivity contribution in [1.29, 1.82) is 0 Å². The maximum absolute atomic E-state index is 2.57. The van der Waals surface area contributed by atoms with Crippen molar-refractivity contribution < 1.29 is 0 Å². The van der Waals surface area contributed by atoms with Crippen LogP contribution in [0.2, 0.25) is 0 Å². The predicted octanol–water partition coefficient (Wildman–Crippen LogP) is 3.85. The molecule has 2 heterocycles. The van der Waals surface area contributed by atoms with E-state index >= 15 is 0 Å². The van der Waals surface area contributed by atoms with Crippen LogP contribution in [-0.4, -0.2) is 4.90 Å². The lowest BCUT2D eigenvalue weighted by Crippen LogP contribution is -2.19. The van der Waals surface area contributed by atoms with Gasteiger partial charge >= 0.3 is 0 Å². The fraction of sp³-hybridized carbons (Fsp3) is 0.176. The summed E-state index contributed by atoms with van der Waals surface area (Å²) in [5.41, 5.74) is 4.37. The molecule has 2 aromatic carbocycles. The molecule has 0 spiro atoms. The van der Waals surface area contributed by atoms with Crippen LogP contribution < -0.4 is 0 Å². The minimum Gasteiger partial charge on any atom is -0.278 e. The Bertz CT molecular complexity index is 567. The largest absolute Gasteiger partial charge is 0.278 e. The molecule has 2 aromatic rings. The van der Waals surface area contributed by atoms with Crippen molar-refractivity contribution in [3.63, 3.8) is 0 Å². The van der Waals surface area contributed by atoms with Gasteiger partial charge in [-0.2, -0.15) is 0 Å². The first-order chi connectivity index (χ1) is 8.93. The molecule has 0 unspecified atom stereocenters. The van der Waals surface area contributed by atoms with Crippen LogP contribution in [0.15, 0.2) is 66.7 Å². The predicted molar refractivity (Wildman–Crippen MR) is 73.0 cm³/mol. The Labute approximate surface area is 107 Å². The molecule has 88 valence electrons. The van der Waals surface area contributed by atoms with Gasteiger partial charge in [-0.15, -0.1) is 0 Å². The number of nitrogens with zero attached hydrogens (tertiary/aromatic N) is 1. The molecule has 2 atom stereocenters. The van der Waals surface area contributed by atoms with Crippen LogP contribution in [0.1, 0.15) is 28.8 Å². The highest BCUT2D eigenvalue weighted by molar-refractivity contribution is 5.46. The van der Waals surface area contributed by atoms with Gasteiger partial charge in [0.05, 0.1) is 12.1 Å². The van der Waals surface area contributed by atoms with Gasteiger partial charge in [0.2, 0.25) is 0 Å². The quantitative estimate of drug-likeness (QED) is 0.712. The van der Waals surface area contributed by atoms with Gasteiger partial charge in [0.25, 0.3) is 0 Å². The van der Waals surface area contributed by atoms with Gasteiger partial charge in [-0.3, -0.25) is 4.90 Å². The van der Waals surface area contributed by atoms with Gasteiger partial charge in [-0.05, 0) is 16.7 Å². The number of hydrogen-bond donors (Lipinski definition) is 0. The molecule has 0 saturated heterocycles. The second kappa shape index (κ2) is 3.82. The maximum atomic E-state index is 2.57. The number of fused-ring (bicyclic) bond motifs is 5. The lowest BCUT2D eigenvalue weighted by atomic mass is 9.97. The van der Waals surface area contributed by atoms with E-state index in [1.807, 2.05) is 0 Å². The van der Waals surface area contributed by atoms with E-state index in [0.29, 0.717) is 12.1 Å². The zero-order chi connectivity index (χ0) is 11.9. The van der Waals surface area contributed by atoms with E-state index in [0.717, 1.165) is 6.54 Å². The molecule has 0 fully saturated rings. The summed E-state index contributed by atoms with van der Waals surface area (Å²) in [4.78, 5) is 2.57. The van der Waals surface area contributed by atoms with Crippen LogP contribution in [0.25, 0.3) is 0 Å². The van der Waals surface area contributed by atoms with Crippen LogP contribution in [-0.2, 0) is 6.54 Å². The third kappa shape index (κ3) is 1.37. The summed E-state index contributed by atoms with van der Waals surface area (Å²) in [6, 6.07) is 20.5. The summed E-state index contributed by atoms with van der Waals surface area (Å²) in [7, 11) is 0. The van der Waals surface area contributed by atoms with Crippen molar-refractivity contribution in [2.24, 2.45) is 0 Å². The lowest BCUT2D eigenvalue weighted by Gasteiger charge is -2.22. The fourth-order valence-corrected chi connectivity index (χ4v) is 3.21. The van der Waals surface area contributed by atoms with Gasteiger partial charge in [0, 0.05) is 6.54 Å². The fourth-order valence-electron chi connectivity index (χ4n) is 3.21. The highest BCUT2D eigenvalue weighted by atomic mass is 15.2. The molecule has 1 heteroatoms. The number of hydrogen-bond acceptors (Lipinski definition) is 1. The minimum absolute atomic E-state index is 0.478. The second-order valence-electron chi connectivity index (χ2n) is 5.06. The summed E-state index contributed by atoms with van der Waals surface area (Å²) in [6.07, 6.45) is 4.69. The third-order valence-corrected chi connectivity index (χ3v) is 4.03. The molecule has 4 rings (SSSR count). The molecule has 0 saturated carbocycles. The summed E-state index contributed by atoms with van der Waals surface area (Å²) in [6.45, 7) is 1.03. The summed E-state index contributed by atoms with van der Waals surface area (Å²) in [5, 5.41) is 0. The minimum atomic E-state index is 0.478. The van der Waals surface area contributed by atoms with Gasteiger partial charge in [-0.1, -0.05) is 66.7 Å². The van der Waals surface area contributed by atoms with Crippen molar-refractivity contribution in [2.45, 2.75) is 18.6 Å². The second-order valence-corrected chi connectivity index (χ2v) is 5.06. The van der Waals surface area contributed by atoms with E-state index in [1.54, 1.807) is 0 Å². The molecule has 0 radical (unpaired) electrons. The van der Waals surface area contributed by atoms with Crippen molar-refractivity contribution in [3.8, 4) is 0 Å². The zero-order valence-corrected chi connectivity index (χ0v) is 10.2. The highest BCUT2D eigenvalue weighted by Gasteiger charge is 2.39. The first-order valence-corrected chi connectivity index (χ1v) is 6.50. The van der Waals surface area contributed by atoms with E-state index in [-0.39, 0.29) is 0 Å². The Morgan fingerprint density at radius 1 is 0.722 bits per heavy atom. The van der Waals surface area contributed by atoms with E-state index in [2.05, 4.69) is 71.6 Å². The molecule has 1 nitrogen and oxygen atoms in total. The molecular formula is C17H15N. The first kappa shape index (κ1) is 10.1. The molecule has 0 amide bonds. The standard InChI is InChI=1S/C17H15N/c1-2-6-13(7-3-1)12-18-16-10-11-17(18)15-9-5-4-8-14(15)16/h1-11,16-17H,12H2/t16-,17+. The Balaban J connectivity index is 1.67. The van der Waals surface area contributed by atoms with Crippen LogP contribution in [0.4, 0.5) is 0 Å². The third-order valence-electron chi connectivity index (χ3n) is 4.03. The molecule has 2 aliphatic heterocycles. The SMILES string of the molecule is C1=C[C@H]2c3ccccc3[C@@H]1N2Cc1ccccc1. The Kier molecular flexibility index (Phi) is 2.14. The van der Waals surface area contributed by atoms with Crippen LogP contribution in [0.3, 0.4) is 0 Å². The van der Waals surface area contributed by atoms with E-state index in [4.69, 9.17) is 0 Å².